The van der Waals surface area contributed by atoms with Crippen molar-refractivity contribution >= 4 is 5.78 Å². The van der Waals surface area contributed by atoms with Crippen molar-refractivity contribution in [3.8, 4) is 11.5 Å². The van der Waals surface area contributed by atoms with Crippen LogP contribution in [0.5, 0.6) is 11.5 Å². The molecule has 6 aliphatic rings. The fraction of sp³-hybridized carbons (Fsp3) is 0.650. The van der Waals surface area contributed by atoms with Crippen LogP contribution in [0, 0.1) is 23.2 Å². The first-order valence-corrected chi connectivity index (χ1v) is 9.16. The molecule has 24 heavy (non-hydrogen) atoms. The zero-order valence-electron chi connectivity index (χ0n) is 13.8. The van der Waals surface area contributed by atoms with Crippen LogP contribution in [0.15, 0.2) is 12.1 Å². The summed E-state index contributed by atoms with van der Waals surface area (Å²) in [6.07, 6.45) is 1.70. The lowest BCUT2D eigenvalue weighted by atomic mass is 9.46. The molecule has 0 saturated heterocycles. The number of phenolic OH excluding ortho intramolecular Hbond substituents is 1. The Bertz CT molecular complexity index is 901. The zero-order chi connectivity index (χ0) is 16.4. The zero-order valence-corrected chi connectivity index (χ0v) is 13.8. The van der Waals surface area contributed by atoms with Crippen LogP contribution in [0.4, 0.5) is 0 Å². The van der Waals surface area contributed by atoms with E-state index in [1.807, 2.05) is 13.0 Å². The van der Waals surface area contributed by atoms with E-state index in [1.54, 1.807) is 6.07 Å². The van der Waals surface area contributed by atoms with Crippen molar-refractivity contribution < 1.29 is 19.7 Å². The summed E-state index contributed by atoms with van der Waals surface area (Å²) in [5.41, 5.74) is 0.623. The molecule has 6 unspecified atom stereocenters. The molecule has 124 valence electrons. The molecule has 2 bridgehead atoms. The number of carbonyl (C=O) groups is 1. The summed E-state index contributed by atoms with van der Waals surface area (Å²) in [5, 5.41) is 22.6. The molecule has 3 spiro atoms. The van der Waals surface area contributed by atoms with Crippen molar-refractivity contribution in [3.05, 3.63) is 23.3 Å². The minimum Gasteiger partial charge on any atom is -0.504 e. The number of hydrogen-bond acceptors (Lipinski definition) is 4. The fourth-order valence-corrected chi connectivity index (χ4v) is 9.01. The maximum Gasteiger partial charge on any atom is 0.174 e. The van der Waals surface area contributed by atoms with Gasteiger partial charge in [-0.3, -0.25) is 4.79 Å². The third kappa shape index (κ3) is 0.723. The van der Waals surface area contributed by atoms with E-state index in [2.05, 4.69) is 6.92 Å². The van der Waals surface area contributed by atoms with Gasteiger partial charge in [-0.1, -0.05) is 19.9 Å². The number of aromatic hydroxyl groups is 1. The molecule has 5 aliphatic carbocycles. The molecule has 7 rings (SSSR count). The van der Waals surface area contributed by atoms with Gasteiger partial charge in [0, 0.05) is 22.8 Å². The number of hydrogen-bond donors (Lipinski definition) is 2. The van der Waals surface area contributed by atoms with Crippen molar-refractivity contribution in [1.29, 1.82) is 0 Å². The van der Waals surface area contributed by atoms with Gasteiger partial charge < -0.3 is 14.9 Å². The molecule has 1 aromatic carbocycles. The summed E-state index contributed by atoms with van der Waals surface area (Å²) in [4.78, 5) is 12.9. The van der Waals surface area contributed by atoms with Crippen molar-refractivity contribution in [3.63, 3.8) is 0 Å². The molecule has 4 saturated carbocycles. The molecular weight excluding hydrogens is 304 g/mol. The Labute approximate surface area is 139 Å². The Balaban J connectivity index is 1.68. The molecule has 1 heterocycles. The van der Waals surface area contributed by atoms with E-state index in [0.717, 1.165) is 18.4 Å². The van der Waals surface area contributed by atoms with Gasteiger partial charge in [0.05, 0.1) is 11.0 Å². The molecular formula is C20H20O4. The second-order valence-electron chi connectivity index (χ2n) is 9.37. The van der Waals surface area contributed by atoms with E-state index >= 15 is 0 Å². The van der Waals surface area contributed by atoms with Gasteiger partial charge >= 0.3 is 0 Å². The van der Waals surface area contributed by atoms with E-state index < -0.39 is 17.1 Å². The lowest BCUT2D eigenvalue weighted by Gasteiger charge is -2.59. The van der Waals surface area contributed by atoms with E-state index in [1.165, 1.54) is 5.56 Å². The van der Waals surface area contributed by atoms with Crippen LogP contribution in [0.3, 0.4) is 0 Å². The lowest BCUT2D eigenvalue weighted by molar-refractivity contribution is -0.185. The maximum absolute atomic E-state index is 12.9. The topological polar surface area (TPSA) is 66.8 Å². The van der Waals surface area contributed by atoms with E-state index in [-0.39, 0.29) is 28.3 Å². The first-order valence-electron chi connectivity index (χ1n) is 9.16. The summed E-state index contributed by atoms with van der Waals surface area (Å²) in [5.74, 6) is 1.70. The van der Waals surface area contributed by atoms with Gasteiger partial charge in [-0.2, -0.15) is 0 Å². The molecule has 4 heteroatoms. The summed E-state index contributed by atoms with van der Waals surface area (Å²) in [7, 11) is 0. The van der Waals surface area contributed by atoms with Gasteiger partial charge in [0.2, 0.25) is 0 Å². The molecule has 2 N–H and O–H groups in total. The summed E-state index contributed by atoms with van der Waals surface area (Å²) >= 11 is 0. The minimum absolute atomic E-state index is 0.00940. The van der Waals surface area contributed by atoms with Gasteiger partial charge in [-0.25, -0.2) is 0 Å². The van der Waals surface area contributed by atoms with Gasteiger partial charge in [0.1, 0.15) is 0 Å². The number of rotatable bonds is 0. The molecule has 4 nitrogen and oxygen atoms in total. The summed E-state index contributed by atoms with van der Waals surface area (Å²) in [6, 6.07) is 3.76. The van der Waals surface area contributed by atoms with Crippen molar-refractivity contribution in [2.45, 2.75) is 55.6 Å². The van der Waals surface area contributed by atoms with Crippen molar-refractivity contribution in [2.24, 2.45) is 23.2 Å². The largest absolute Gasteiger partial charge is 0.504 e. The Morgan fingerprint density at radius 3 is 2.79 bits per heavy atom. The average Bonchev–Trinajstić information content (AvgIpc) is 2.82. The minimum atomic E-state index is -0.882. The predicted octanol–water partition coefficient (Wildman–Crippen LogP) is 2.04. The van der Waals surface area contributed by atoms with Crippen LogP contribution in [-0.2, 0) is 15.6 Å². The number of carbonyl (C=O) groups excluding carboxylic acids is 1. The standard InChI is InChI=1S/C20H20O4/c1-8-5-13(22)16-18-7-17(6-11-9(2)19(11,17)20(8,18)23)10-3-4-12(21)15(24-16)14(10)18/h3-4,8-9,11,16,21,23H,5-7H2,1-2H3/t8?,9?,11?,16-,17?,18?,19?,20-/m0/s1. The number of Topliss-reactive ketones (excluding diaryl/α,β-unsaturated/α-hetero) is 1. The second kappa shape index (κ2) is 2.92. The van der Waals surface area contributed by atoms with E-state index in [4.69, 9.17) is 4.74 Å². The SMILES string of the molecule is CC1C2CC34CC56c7c3ccc(O)c7O[C@H]5C(=O)CC(C)[C@@]6(O)C124. The number of phenols is 1. The first-order chi connectivity index (χ1) is 11.4. The fourth-order valence-electron chi connectivity index (χ4n) is 9.01. The number of ether oxygens (including phenoxy) is 1. The molecule has 0 aromatic heterocycles. The Morgan fingerprint density at radius 1 is 1.29 bits per heavy atom. The van der Waals surface area contributed by atoms with E-state index in [9.17, 15) is 15.0 Å². The van der Waals surface area contributed by atoms with Gasteiger partial charge in [-0.05, 0) is 42.2 Å². The highest BCUT2D eigenvalue weighted by Crippen LogP contribution is 2.97. The van der Waals surface area contributed by atoms with Gasteiger partial charge in [0.25, 0.3) is 0 Å². The summed E-state index contributed by atoms with van der Waals surface area (Å²) < 4.78 is 6.06. The van der Waals surface area contributed by atoms with Crippen LogP contribution in [0.2, 0.25) is 0 Å². The number of aliphatic hydroxyl groups is 1. The lowest BCUT2D eigenvalue weighted by Crippen LogP contribution is -2.70. The average molecular weight is 324 g/mol. The van der Waals surface area contributed by atoms with Crippen molar-refractivity contribution in [1.82, 2.24) is 0 Å². The highest BCUT2D eigenvalue weighted by Gasteiger charge is 3.00. The third-order valence-corrected chi connectivity index (χ3v) is 9.34. The van der Waals surface area contributed by atoms with Gasteiger partial charge in [-0.15, -0.1) is 0 Å². The van der Waals surface area contributed by atoms with Crippen LogP contribution in [-0.4, -0.2) is 27.7 Å². The Morgan fingerprint density at radius 2 is 2.08 bits per heavy atom. The second-order valence-corrected chi connectivity index (χ2v) is 9.37. The monoisotopic (exact) mass is 324 g/mol. The quantitative estimate of drug-likeness (QED) is 0.766. The van der Waals surface area contributed by atoms with Gasteiger partial charge in [0.15, 0.2) is 23.4 Å². The van der Waals surface area contributed by atoms with Crippen LogP contribution < -0.4 is 4.74 Å². The number of ketones is 1. The Kier molecular flexibility index (Phi) is 1.55. The van der Waals surface area contributed by atoms with Crippen LogP contribution >= 0.6 is 0 Å². The molecule has 8 atom stereocenters. The van der Waals surface area contributed by atoms with Crippen molar-refractivity contribution in [2.75, 3.05) is 0 Å². The smallest absolute Gasteiger partial charge is 0.174 e. The molecule has 0 amide bonds. The van der Waals surface area contributed by atoms with E-state index in [0.29, 0.717) is 24.0 Å². The maximum atomic E-state index is 12.9. The van der Waals surface area contributed by atoms with Crippen LogP contribution in [0.25, 0.3) is 0 Å². The third-order valence-electron chi connectivity index (χ3n) is 9.34. The molecule has 1 aromatic rings. The first kappa shape index (κ1) is 12.8. The molecule has 4 fully saturated rings. The summed E-state index contributed by atoms with van der Waals surface area (Å²) in [6.45, 7) is 4.33. The predicted molar refractivity (Wildman–Crippen MR) is 83.9 cm³/mol. The number of benzene rings is 1. The normalized spacial score (nSPS) is 59.4. The highest BCUT2D eigenvalue weighted by atomic mass is 16.5. The highest BCUT2D eigenvalue weighted by molar-refractivity contribution is 5.92. The molecule has 0 radical (unpaired) electrons. The van der Waals surface area contributed by atoms with Crippen LogP contribution in [0.1, 0.15) is 44.2 Å². The Hall–Kier alpha value is -1.55. The molecule has 1 aliphatic heterocycles.